The average Bonchev–Trinajstić information content (AvgIpc) is 2.56. The van der Waals surface area contributed by atoms with Crippen LogP contribution in [0.1, 0.15) is 0 Å². The summed E-state index contributed by atoms with van der Waals surface area (Å²) in [5.41, 5.74) is 5.30. The third-order valence-electron chi connectivity index (χ3n) is 2.97. The van der Waals surface area contributed by atoms with Gasteiger partial charge in [-0.25, -0.2) is 5.12 Å². The van der Waals surface area contributed by atoms with E-state index in [2.05, 4.69) is 22.6 Å². The van der Waals surface area contributed by atoms with Crippen molar-refractivity contribution in [3.8, 4) is 5.75 Å². The van der Waals surface area contributed by atoms with Crippen molar-refractivity contribution in [2.75, 3.05) is 24.4 Å². The second-order valence-electron chi connectivity index (χ2n) is 4.61. The SMILES string of the molecule is C=NN(CC(=O)[O-])Nc1ccc(Nc2ccc(OC)cc2)cc1.[Na+]. The Morgan fingerprint density at radius 3 is 2.08 bits per heavy atom. The Bertz CT molecular complexity index is 662. The number of aliphatic carboxylic acids is 1. The molecule has 2 aromatic carbocycles. The van der Waals surface area contributed by atoms with Crippen molar-refractivity contribution in [1.82, 2.24) is 5.12 Å². The van der Waals surface area contributed by atoms with Crippen molar-refractivity contribution in [1.29, 1.82) is 0 Å². The molecule has 0 saturated heterocycles. The quantitative estimate of drug-likeness (QED) is 0.344. The molecule has 2 rings (SSSR count). The topological polar surface area (TPSA) is 89.0 Å². The molecule has 0 aliphatic heterocycles. The first-order valence-electron chi connectivity index (χ1n) is 6.82. The fourth-order valence-corrected chi connectivity index (χ4v) is 1.87. The molecule has 0 bridgehead atoms. The van der Waals surface area contributed by atoms with E-state index in [-0.39, 0.29) is 29.6 Å². The van der Waals surface area contributed by atoms with Gasteiger partial charge < -0.3 is 20.0 Å². The number of carboxylic acid groups (broad SMARTS) is 1. The summed E-state index contributed by atoms with van der Waals surface area (Å²) in [6.07, 6.45) is 0. The Kier molecular flexibility index (Phi) is 8.11. The third kappa shape index (κ3) is 6.11. The van der Waals surface area contributed by atoms with E-state index in [1.807, 2.05) is 36.4 Å². The molecule has 0 aromatic heterocycles. The fourth-order valence-electron chi connectivity index (χ4n) is 1.87. The van der Waals surface area contributed by atoms with E-state index in [4.69, 9.17) is 4.74 Å². The Morgan fingerprint density at radius 1 is 1.12 bits per heavy atom. The van der Waals surface area contributed by atoms with Gasteiger partial charge in [0.25, 0.3) is 0 Å². The molecule has 8 heteroatoms. The van der Waals surface area contributed by atoms with Crippen LogP contribution in [0.25, 0.3) is 0 Å². The van der Waals surface area contributed by atoms with Gasteiger partial charge in [0.05, 0.1) is 25.3 Å². The Hall–Kier alpha value is -2.22. The maximum Gasteiger partial charge on any atom is 1.00 e. The first-order valence-corrected chi connectivity index (χ1v) is 6.82. The number of ether oxygens (including phenoxy) is 1. The zero-order valence-electron chi connectivity index (χ0n) is 13.7. The van der Waals surface area contributed by atoms with E-state index in [0.717, 1.165) is 22.2 Å². The van der Waals surface area contributed by atoms with Crippen LogP contribution in [-0.2, 0) is 4.79 Å². The van der Waals surface area contributed by atoms with Crippen molar-refractivity contribution in [3.05, 3.63) is 48.5 Å². The number of hydrogen-bond donors (Lipinski definition) is 2. The van der Waals surface area contributed by atoms with Crippen LogP contribution >= 0.6 is 0 Å². The van der Waals surface area contributed by atoms with Gasteiger partial charge in [-0.15, -0.1) is 0 Å². The smallest absolute Gasteiger partial charge is 0.548 e. The number of rotatable bonds is 8. The zero-order chi connectivity index (χ0) is 16.7. The number of anilines is 3. The molecule has 0 aliphatic rings. The van der Waals surface area contributed by atoms with Crippen LogP contribution in [0.4, 0.5) is 17.1 Å². The molecule has 2 aromatic rings. The van der Waals surface area contributed by atoms with Crippen molar-refractivity contribution >= 4 is 29.7 Å². The molecule has 24 heavy (non-hydrogen) atoms. The summed E-state index contributed by atoms with van der Waals surface area (Å²) < 4.78 is 5.11. The van der Waals surface area contributed by atoms with Gasteiger partial charge in [0.1, 0.15) is 5.75 Å². The van der Waals surface area contributed by atoms with Gasteiger partial charge >= 0.3 is 29.6 Å². The van der Waals surface area contributed by atoms with Gasteiger partial charge in [-0.05, 0) is 48.5 Å². The number of nitrogens with zero attached hydrogens (tertiary/aromatic N) is 2. The monoisotopic (exact) mass is 336 g/mol. The number of nitrogens with one attached hydrogen (secondary N) is 2. The number of benzene rings is 2. The van der Waals surface area contributed by atoms with Gasteiger partial charge in [0, 0.05) is 18.1 Å². The summed E-state index contributed by atoms with van der Waals surface area (Å²) in [6.45, 7) is 2.90. The molecule has 0 heterocycles. The van der Waals surface area contributed by atoms with Crippen LogP contribution in [0.5, 0.6) is 5.75 Å². The predicted molar refractivity (Wildman–Crippen MR) is 87.6 cm³/mol. The molecule has 0 atom stereocenters. The Morgan fingerprint density at radius 2 is 1.62 bits per heavy atom. The van der Waals surface area contributed by atoms with Crippen molar-refractivity contribution in [3.63, 3.8) is 0 Å². The van der Waals surface area contributed by atoms with E-state index in [9.17, 15) is 9.90 Å². The van der Waals surface area contributed by atoms with Crippen molar-refractivity contribution in [2.45, 2.75) is 0 Å². The first kappa shape index (κ1) is 19.8. The number of carbonyl (C=O) groups excluding carboxylic acids is 1. The number of hydrogen-bond acceptors (Lipinski definition) is 7. The fraction of sp³-hybridized carbons (Fsp3) is 0.125. The van der Waals surface area contributed by atoms with Gasteiger partial charge in [-0.3, -0.25) is 5.43 Å². The van der Waals surface area contributed by atoms with E-state index in [0.29, 0.717) is 5.69 Å². The molecule has 2 N–H and O–H groups in total. The van der Waals surface area contributed by atoms with E-state index >= 15 is 0 Å². The maximum absolute atomic E-state index is 10.6. The molecule has 0 unspecified atom stereocenters. The zero-order valence-corrected chi connectivity index (χ0v) is 15.7. The molecule has 0 amide bonds. The minimum absolute atomic E-state index is 0. The molecule has 0 saturated carbocycles. The van der Waals surface area contributed by atoms with Gasteiger partial charge in [-0.1, -0.05) is 0 Å². The van der Waals surface area contributed by atoms with Gasteiger partial charge in [-0.2, -0.15) is 5.10 Å². The molecule has 7 nitrogen and oxygen atoms in total. The van der Waals surface area contributed by atoms with Crippen LogP contribution in [0, 0.1) is 0 Å². The number of hydrazine groups is 1. The van der Waals surface area contributed by atoms with Crippen LogP contribution in [0.15, 0.2) is 53.6 Å². The normalized spacial score (nSPS) is 9.38. The predicted octanol–water partition coefficient (Wildman–Crippen LogP) is -1.56. The maximum atomic E-state index is 10.6. The van der Waals surface area contributed by atoms with Crippen molar-refractivity contribution in [2.24, 2.45) is 5.10 Å². The number of carbonyl (C=O) groups is 1. The minimum Gasteiger partial charge on any atom is -0.548 e. The Labute approximate surface area is 162 Å². The molecule has 0 aliphatic carbocycles. The Balaban J connectivity index is 0.00000288. The number of methoxy groups -OCH3 is 1. The summed E-state index contributed by atoms with van der Waals surface area (Å²) in [6, 6.07) is 14.8. The number of hydrazone groups is 1. The van der Waals surface area contributed by atoms with Gasteiger partial charge in [0.2, 0.25) is 0 Å². The van der Waals surface area contributed by atoms with E-state index in [1.54, 1.807) is 19.2 Å². The van der Waals surface area contributed by atoms with Gasteiger partial charge in [0.15, 0.2) is 0 Å². The van der Waals surface area contributed by atoms with Crippen molar-refractivity contribution < 1.29 is 44.2 Å². The van der Waals surface area contributed by atoms with Crippen LogP contribution < -0.4 is 50.1 Å². The number of carboxylic acids is 1. The van der Waals surface area contributed by atoms with Crippen LogP contribution in [0.3, 0.4) is 0 Å². The minimum atomic E-state index is -1.25. The molecule has 0 spiro atoms. The standard InChI is InChI=1S/C16H18N4O3.Na/c1-17-20(11-16(21)22)19-14-5-3-12(4-6-14)18-13-7-9-15(23-2)10-8-13;/h3-10,18-19H,1,11H2,2H3,(H,21,22);/q;+1/p-1. The second-order valence-corrected chi connectivity index (χ2v) is 4.61. The molecule has 0 fully saturated rings. The summed E-state index contributed by atoms with van der Waals surface area (Å²) in [5.74, 6) is -0.456. The molecule has 0 radical (unpaired) electrons. The molecule has 120 valence electrons. The second kappa shape index (κ2) is 9.82. The summed E-state index contributed by atoms with van der Waals surface area (Å²) >= 11 is 0. The summed E-state index contributed by atoms with van der Waals surface area (Å²) in [5, 5.41) is 18.4. The third-order valence-corrected chi connectivity index (χ3v) is 2.97. The van der Waals surface area contributed by atoms with Crippen LogP contribution in [-0.4, -0.2) is 31.5 Å². The average molecular weight is 336 g/mol. The first-order chi connectivity index (χ1) is 11.1. The molecular weight excluding hydrogens is 319 g/mol. The summed E-state index contributed by atoms with van der Waals surface area (Å²) in [4.78, 5) is 10.6. The molecular formula is C16H17N4NaO3. The summed E-state index contributed by atoms with van der Waals surface area (Å²) in [7, 11) is 1.62. The van der Waals surface area contributed by atoms with Crippen LogP contribution in [0.2, 0.25) is 0 Å². The largest absolute Gasteiger partial charge is 1.00 e. The van der Waals surface area contributed by atoms with E-state index in [1.165, 1.54) is 0 Å². The van der Waals surface area contributed by atoms with E-state index < -0.39 is 12.5 Å².